The molecule has 0 amide bonds. The van der Waals surface area contributed by atoms with Crippen molar-refractivity contribution in [3.8, 4) is 11.1 Å². The topological polar surface area (TPSA) is 74.6 Å². The molecular weight excluding hydrogens is 292 g/mol. The van der Waals surface area contributed by atoms with E-state index in [0.29, 0.717) is 12.8 Å². The molecule has 0 radical (unpaired) electrons. The summed E-state index contributed by atoms with van der Waals surface area (Å²) in [4.78, 5) is 21.7. The van der Waals surface area contributed by atoms with Crippen molar-refractivity contribution in [2.24, 2.45) is 5.92 Å². The van der Waals surface area contributed by atoms with Crippen LogP contribution in [0.4, 0.5) is 0 Å². The Morgan fingerprint density at radius 2 is 1.48 bits per heavy atom. The normalized spacial score (nSPS) is 11.8. The zero-order valence-corrected chi connectivity index (χ0v) is 12.8. The molecule has 4 heteroatoms. The summed E-state index contributed by atoms with van der Waals surface area (Å²) in [5, 5.41) is 17.7. The lowest BCUT2D eigenvalue weighted by atomic mass is 9.96. The standard InChI is InChI=1S/C19H20O4/c20-18(21)13-17(19(22)23)8-4-5-14-9-11-16(12-10-14)15-6-2-1-3-7-15/h1-3,6-7,9-12,17H,4-5,8,13H2,(H,20,21)(H,22,23). The fourth-order valence-electron chi connectivity index (χ4n) is 2.57. The number of rotatable bonds is 8. The van der Waals surface area contributed by atoms with Crippen molar-refractivity contribution in [2.75, 3.05) is 0 Å². The summed E-state index contributed by atoms with van der Waals surface area (Å²) in [7, 11) is 0. The molecule has 0 spiro atoms. The molecule has 120 valence electrons. The molecule has 0 saturated heterocycles. The lowest BCUT2D eigenvalue weighted by Gasteiger charge is -2.10. The average molecular weight is 312 g/mol. The summed E-state index contributed by atoms with van der Waals surface area (Å²) in [5.41, 5.74) is 3.43. The highest BCUT2D eigenvalue weighted by molar-refractivity contribution is 5.77. The van der Waals surface area contributed by atoms with Crippen molar-refractivity contribution in [3.63, 3.8) is 0 Å². The van der Waals surface area contributed by atoms with Crippen molar-refractivity contribution in [2.45, 2.75) is 25.7 Å². The van der Waals surface area contributed by atoms with Crippen molar-refractivity contribution >= 4 is 11.9 Å². The van der Waals surface area contributed by atoms with Crippen LogP contribution < -0.4 is 0 Å². The zero-order valence-electron chi connectivity index (χ0n) is 12.8. The lowest BCUT2D eigenvalue weighted by Crippen LogP contribution is -2.17. The minimum absolute atomic E-state index is 0.317. The molecule has 0 bridgehead atoms. The first-order valence-corrected chi connectivity index (χ1v) is 7.65. The molecule has 0 aliphatic rings. The van der Waals surface area contributed by atoms with Crippen LogP contribution in [0.1, 0.15) is 24.8 Å². The van der Waals surface area contributed by atoms with Gasteiger partial charge in [0.05, 0.1) is 12.3 Å². The Morgan fingerprint density at radius 1 is 0.870 bits per heavy atom. The van der Waals surface area contributed by atoms with Gasteiger partial charge in [0.25, 0.3) is 0 Å². The number of hydrogen-bond acceptors (Lipinski definition) is 2. The monoisotopic (exact) mass is 312 g/mol. The smallest absolute Gasteiger partial charge is 0.307 e. The molecule has 0 heterocycles. The maximum atomic E-state index is 11.0. The van der Waals surface area contributed by atoms with E-state index in [1.54, 1.807) is 0 Å². The Balaban J connectivity index is 1.89. The van der Waals surface area contributed by atoms with Gasteiger partial charge in [-0.05, 0) is 36.0 Å². The summed E-state index contributed by atoms with van der Waals surface area (Å²) >= 11 is 0. The second-order valence-electron chi connectivity index (χ2n) is 5.59. The van der Waals surface area contributed by atoms with Gasteiger partial charge in [-0.1, -0.05) is 54.6 Å². The largest absolute Gasteiger partial charge is 0.481 e. The molecule has 1 atom stereocenters. The second kappa shape index (κ2) is 8.13. The fraction of sp³-hybridized carbons (Fsp3) is 0.263. The van der Waals surface area contributed by atoms with E-state index in [1.165, 1.54) is 0 Å². The summed E-state index contributed by atoms with van der Waals surface area (Å²) in [6, 6.07) is 18.3. The van der Waals surface area contributed by atoms with Gasteiger partial charge in [0, 0.05) is 0 Å². The highest BCUT2D eigenvalue weighted by atomic mass is 16.4. The van der Waals surface area contributed by atoms with Gasteiger partial charge >= 0.3 is 11.9 Å². The predicted molar refractivity (Wildman–Crippen MR) is 88.2 cm³/mol. The van der Waals surface area contributed by atoms with E-state index in [4.69, 9.17) is 10.2 Å². The van der Waals surface area contributed by atoms with Gasteiger partial charge in [-0.15, -0.1) is 0 Å². The Morgan fingerprint density at radius 3 is 2.04 bits per heavy atom. The first-order valence-electron chi connectivity index (χ1n) is 7.65. The highest BCUT2D eigenvalue weighted by Crippen LogP contribution is 2.20. The third-order valence-electron chi connectivity index (χ3n) is 3.85. The Hall–Kier alpha value is -2.62. The van der Waals surface area contributed by atoms with Crippen LogP contribution in [0.5, 0.6) is 0 Å². The van der Waals surface area contributed by atoms with E-state index >= 15 is 0 Å². The van der Waals surface area contributed by atoms with E-state index in [0.717, 1.165) is 23.1 Å². The number of aryl methyl sites for hydroxylation is 1. The van der Waals surface area contributed by atoms with Crippen LogP contribution in [0, 0.1) is 5.92 Å². The minimum Gasteiger partial charge on any atom is -0.481 e. The number of carboxylic acids is 2. The summed E-state index contributed by atoms with van der Waals surface area (Å²) in [6.45, 7) is 0. The molecule has 23 heavy (non-hydrogen) atoms. The highest BCUT2D eigenvalue weighted by Gasteiger charge is 2.20. The molecule has 4 nitrogen and oxygen atoms in total. The SMILES string of the molecule is O=C(O)CC(CCCc1ccc(-c2ccccc2)cc1)C(=O)O. The molecule has 1 unspecified atom stereocenters. The molecular formula is C19H20O4. The lowest BCUT2D eigenvalue weighted by molar-refractivity contribution is -0.148. The molecule has 2 N–H and O–H groups in total. The van der Waals surface area contributed by atoms with E-state index in [-0.39, 0.29) is 6.42 Å². The summed E-state index contributed by atoms with van der Waals surface area (Å²) in [6.07, 6.45) is 1.47. The molecule has 2 rings (SSSR count). The van der Waals surface area contributed by atoms with Gasteiger partial charge in [0.2, 0.25) is 0 Å². The third-order valence-corrected chi connectivity index (χ3v) is 3.85. The van der Waals surface area contributed by atoms with Crippen LogP contribution in [0.25, 0.3) is 11.1 Å². The van der Waals surface area contributed by atoms with Gasteiger partial charge in [0.15, 0.2) is 0 Å². The van der Waals surface area contributed by atoms with Crippen LogP contribution in [-0.2, 0) is 16.0 Å². The molecule has 2 aromatic rings. The molecule has 0 aromatic heterocycles. The van der Waals surface area contributed by atoms with Crippen LogP contribution in [0.3, 0.4) is 0 Å². The van der Waals surface area contributed by atoms with Gasteiger partial charge in [0.1, 0.15) is 0 Å². The third kappa shape index (κ3) is 5.25. The maximum Gasteiger partial charge on any atom is 0.307 e. The van der Waals surface area contributed by atoms with Gasteiger partial charge in [-0.3, -0.25) is 9.59 Å². The summed E-state index contributed by atoms with van der Waals surface area (Å²) < 4.78 is 0. The first kappa shape index (κ1) is 16.7. The second-order valence-corrected chi connectivity index (χ2v) is 5.59. The number of benzene rings is 2. The molecule has 0 fully saturated rings. The fourth-order valence-corrected chi connectivity index (χ4v) is 2.57. The van der Waals surface area contributed by atoms with E-state index in [1.807, 2.05) is 30.3 Å². The first-order chi connectivity index (χ1) is 11.1. The summed E-state index contributed by atoms with van der Waals surface area (Å²) in [5.74, 6) is -2.91. The van der Waals surface area contributed by atoms with Crippen LogP contribution >= 0.6 is 0 Å². The van der Waals surface area contributed by atoms with Crippen molar-refractivity contribution < 1.29 is 19.8 Å². The maximum absolute atomic E-state index is 11.0. The minimum atomic E-state index is -1.07. The van der Waals surface area contributed by atoms with Gasteiger partial charge in [-0.25, -0.2) is 0 Å². The average Bonchev–Trinajstić information content (AvgIpc) is 2.55. The molecule has 0 saturated carbocycles. The molecule has 2 aromatic carbocycles. The Labute approximate surface area is 135 Å². The van der Waals surface area contributed by atoms with Crippen molar-refractivity contribution in [1.29, 1.82) is 0 Å². The number of carbonyl (C=O) groups is 2. The quantitative estimate of drug-likeness (QED) is 0.776. The Bertz CT molecular complexity index is 647. The number of carboxylic acid groups (broad SMARTS) is 2. The van der Waals surface area contributed by atoms with Crippen molar-refractivity contribution in [1.82, 2.24) is 0 Å². The van der Waals surface area contributed by atoms with Crippen molar-refractivity contribution in [3.05, 3.63) is 60.2 Å². The zero-order chi connectivity index (χ0) is 16.7. The Kier molecular flexibility index (Phi) is 5.92. The number of aliphatic carboxylic acids is 2. The van der Waals surface area contributed by atoms with Gasteiger partial charge in [-0.2, -0.15) is 0 Å². The van der Waals surface area contributed by atoms with Gasteiger partial charge < -0.3 is 10.2 Å². The van der Waals surface area contributed by atoms with Crippen LogP contribution in [-0.4, -0.2) is 22.2 Å². The van der Waals surface area contributed by atoms with Crippen LogP contribution in [0.15, 0.2) is 54.6 Å². The van der Waals surface area contributed by atoms with Crippen LogP contribution in [0.2, 0.25) is 0 Å². The molecule has 0 aliphatic heterocycles. The number of hydrogen-bond donors (Lipinski definition) is 2. The van der Waals surface area contributed by atoms with E-state index in [2.05, 4.69) is 24.3 Å². The molecule has 0 aliphatic carbocycles. The predicted octanol–water partition coefficient (Wildman–Crippen LogP) is 3.85. The van der Waals surface area contributed by atoms with E-state index in [9.17, 15) is 9.59 Å². The van der Waals surface area contributed by atoms with E-state index < -0.39 is 17.9 Å².